The van der Waals surface area contributed by atoms with Crippen LogP contribution in [-0.2, 0) is 11.3 Å². The Balaban J connectivity index is 2.01. The average molecular weight is 263 g/mol. The molecule has 1 aliphatic carbocycles. The molecule has 0 bridgehead atoms. The molecule has 5 nitrogen and oxygen atoms in total. The second-order valence-electron chi connectivity index (χ2n) is 4.88. The number of carbonyl (C=O) groups excluding carboxylic acids is 1. The summed E-state index contributed by atoms with van der Waals surface area (Å²) in [6.07, 6.45) is 0.951. The van der Waals surface area contributed by atoms with Crippen molar-refractivity contribution in [3.63, 3.8) is 0 Å². The summed E-state index contributed by atoms with van der Waals surface area (Å²) in [5.41, 5.74) is 0.942. The Kier molecular flexibility index (Phi) is 3.74. The third-order valence-electron chi connectivity index (χ3n) is 3.41. The van der Waals surface area contributed by atoms with Crippen molar-refractivity contribution in [1.82, 2.24) is 5.32 Å². The number of benzene rings is 1. The third kappa shape index (κ3) is 3.05. The fraction of sp³-hybridized carbons (Fsp3) is 0.429. The topological polar surface area (TPSA) is 75.6 Å². The Morgan fingerprint density at radius 2 is 2.16 bits per heavy atom. The first-order valence-electron chi connectivity index (χ1n) is 6.21. The molecule has 0 spiro atoms. The van der Waals surface area contributed by atoms with E-state index >= 15 is 0 Å². The van der Waals surface area contributed by atoms with Crippen molar-refractivity contribution in [2.45, 2.75) is 19.9 Å². The predicted octanol–water partition coefficient (Wildman–Crippen LogP) is 1.67. The zero-order valence-corrected chi connectivity index (χ0v) is 11.0. The van der Waals surface area contributed by atoms with Gasteiger partial charge in [-0.15, -0.1) is 0 Å². The molecule has 0 saturated heterocycles. The van der Waals surface area contributed by atoms with E-state index in [9.17, 15) is 9.59 Å². The highest BCUT2D eigenvalue weighted by Crippen LogP contribution is 2.37. The number of carboxylic acids is 1. The van der Waals surface area contributed by atoms with Crippen LogP contribution in [-0.4, -0.2) is 24.1 Å². The number of nitrogens with one attached hydrogen (secondary N) is 1. The van der Waals surface area contributed by atoms with Crippen molar-refractivity contribution in [2.24, 2.45) is 11.8 Å². The molecule has 5 heteroatoms. The van der Waals surface area contributed by atoms with E-state index in [4.69, 9.17) is 9.84 Å². The van der Waals surface area contributed by atoms with Crippen LogP contribution in [0.1, 0.15) is 29.3 Å². The maximum Gasteiger partial charge on any atom is 0.339 e. The lowest BCUT2D eigenvalue weighted by molar-refractivity contribution is -0.122. The fourth-order valence-electron chi connectivity index (χ4n) is 2.03. The number of carbonyl (C=O) groups is 2. The molecule has 0 aliphatic heterocycles. The number of methoxy groups -OCH3 is 1. The minimum absolute atomic E-state index is 0.0637. The second-order valence-corrected chi connectivity index (χ2v) is 4.88. The first kappa shape index (κ1) is 13.4. The van der Waals surface area contributed by atoms with Gasteiger partial charge in [-0.25, -0.2) is 4.79 Å². The molecule has 2 atom stereocenters. The molecule has 0 radical (unpaired) electrons. The van der Waals surface area contributed by atoms with Crippen LogP contribution in [0.25, 0.3) is 0 Å². The molecular weight excluding hydrogens is 246 g/mol. The maximum absolute atomic E-state index is 11.7. The van der Waals surface area contributed by atoms with Crippen molar-refractivity contribution in [1.29, 1.82) is 0 Å². The van der Waals surface area contributed by atoms with Crippen molar-refractivity contribution >= 4 is 11.9 Å². The zero-order chi connectivity index (χ0) is 14.0. The van der Waals surface area contributed by atoms with Crippen LogP contribution in [0.2, 0.25) is 0 Å². The summed E-state index contributed by atoms with van der Waals surface area (Å²) < 4.78 is 5.04. The first-order valence-corrected chi connectivity index (χ1v) is 6.21. The minimum atomic E-state index is -1.03. The Morgan fingerprint density at radius 3 is 2.68 bits per heavy atom. The first-order chi connectivity index (χ1) is 9.02. The Morgan fingerprint density at radius 1 is 1.47 bits per heavy atom. The number of hydrogen-bond donors (Lipinski definition) is 2. The summed E-state index contributed by atoms with van der Waals surface area (Å²) in [4.78, 5) is 22.6. The van der Waals surface area contributed by atoms with E-state index in [0.717, 1.165) is 12.0 Å². The van der Waals surface area contributed by atoms with Crippen LogP contribution in [0.3, 0.4) is 0 Å². The molecule has 1 aliphatic rings. The highest BCUT2D eigenvalue weighted by molar-refractivity contribution is 5.91. The summed E-state index contributed by atoms with van der Waals surface area (Å²) in [6, 6.07) is 4.81. The van der Waals surface area contributed by atoms with E-state index in [-0.39, 0.29) is 17.4 Å². The van der Waals surface area contributed by atoms with E-state index in [1.165, 1.54) is 13.2 Å². The molecule has 19 heavy (non-hydrogen) atoms. The highest BCUT2D eigenvalue weighted by atomic mass is 16.5. The molecule has 102 valence electrons. The molecule has 1 saturated carbocycles. The van der Waals surface area contributed by atoms with Gasteiger partial charge in [0.2, 0.25) is 5.91 Å². The SMILES string of the molecule is COc1cc(CNC(=O)[C@H]2C[C@H]2C)ccc1C(=O)O. The Labute approximate surface area is 111 Å². The number of rotatable bonds is 5. The van der Waals surface area contributed by atoms with Gasteiger partial charge in [-0.05, 0) is 30.0 Å². The van der Waals surface area contributed by atoms with Gasteiger partial charge in [0.1, 0.15) is 11.3 Å². The van der Waals surface area contributed by atoms with Crippen LogP contribution in [0.4, 0.5) is 0 Å². The van der Waals surface area contributed by atoms with Crippen molar-refractivity contribution in [3.8, 4) is 5.75 Å². The Bertz CT molecular complexity index is 512. The lowest BCUT2D eigenvalue weighted by atomic mass is 10.1. The van der Waals surface area contributed by atoms with Gasteiger partial charge < -0.3 is 15.2 Å². The molecule has 2 N–H and O–H groups in total. The molecular formula is C14H17NO4. The average Bonchev–Trinajstić information content (AvgIpc) is 3.12. The molecule has 1 fully saturated rings. The summed E-state index contributed by atoms with van der Waals surface area (Å²) >= 11 is 0. The number of carboxylic acid groups (broad SMARTS) is 1. The molecule has 1 aromatic carbocycles. The molecule has 0 aromatic heterocycles. The van der Waals surface area contributed by atoms with Crippen LogP contribution in [0.5, 0.6) is 5.75 Å². The van der Waals surface area contributed by atoms with Crippen molar-refractivity contribution in [3.05, 3.63) is 29.3 Å². The van der Waals surface area contributed by atoms with Gasteiger partial charge in [0.25, 0.3) is 0 Å². The van der Waals surface area contributed by atoms with Gasteiger partial charge in [-0.1, -0.05) is 13.0 Å². The minimum Gasteiger partial charge on any atom is -0.496 e. The lowest BCUT2D eigenvalue weighted by Gasteiger charge is -2.09. The van der Waals surface area contributed by atoms with Crippen LogP contribution < -0.4 is 10.1 Å². The zero-order valence-electron chi connectivity index (χ0n) is 11.0. The number of amides is 1. The summed E-state index contributed by atoms with van der Waals surface area (Å²) in [6.45, 7) is 2.44. The third-order valence-corrected chi connectivity index (χ3v) is 3.41. The van der Waals surface area contributed by atoms with Crippen molar-refractivity contribution in [2.75, 3.05) is 7.11 Å². The standard InChI is InChI=1S/C14H17NO4/c1-8-5-11(8)13(16)15-7-9-3-4-10(14(17)18)12(6-9)19-2/h3-4,6,8,11H,5,7H2,1-2H3,(H,15,16)(H,17,18)/t8-,11+/m1/s1. The van der Waals surface area contributed by atoms with Gasteiger partial charge in [-0.2, -0.15) is 0 Å². The monoisotopic (exact) mass is 263 g/mol. The number of ether oxygens (including phenoxy) is 1. The Hall–Kier alpha value is -2.04. The van der Waals surface area contributed by atoms with E-state index in [0.29, 0.717) is 18.2 Å². The quantitative estimate of drug-likeness (QED) is 0.847. The highest BCUT2D eigenvalue weighted by Gasteiger charge is 2.38. The van der Waals surface area contributed by atoms with E-state index in [2.05, 4.69) is 12.2 Å². The molecule has 2 rings (SSSR count). The van der Waals surface area contributed by atoms with E-state index in [1.807, 2.05) is 0 Å². The molecule has 0 unspecified atom stereocenters. The van der Waals surface area contributed by atoms with E-state index in [1.54, 1.807) is 12.1 Å². The largest absolute Gasteiger partial charge is 0.496 e. The number of hydrogen-bond acceptors (Lipinski definition) is 3. The fourth-order valence-corrected chi connectivity index (χ4v) is 2.03. The second kappa shape index (κ2) is 5.30. The van der Waals surface area contributed by atoms with Gasteiger partial charge in [0.15, 0.2) is 0 Å². The summed E-state index contributed by atoms with van der Waals surface area (Å²) in [7, 11) is 1.43. The lowest BCUT2D eigenvalue weighted by Crippen LogP contribution is -2.24. The summed E-state index contributed by atoms with van der Waals surface area (Å²) in [5.74, 6) is -0.0452. The van der Waals surface area contributed by atoms with Gasteiger partial charge in [0.05, 0.1) is 7.11 Å². The molecule has 0 heterocycles. The van der Waals surface area contributed by atoms with Gasteiger partial charge in [0, 0.05) is 12.5 Å². The van der Waals surface area contributed by atoms with Crippen molar-refractivity contribution < 1.29 is 19.4 Å². The van der Waals surface area contributed by atoms with Crippen LogP contribution >= 0.6 is 0 Å². The van der Waals surface area contributed by atoms with Gasteiger partial charge >= 0.3 is 5.97 Å². The predicted molar refractivity (Wildman–Crippen MR) is 69.1 cm³/mol. The van der Waals surface area contributed by atoms with Gasteiger partial charge in [-0.3, -0.25) is 4.79 Å². The smallest absolute Gasteiger partial charge is 0.339 e. The van der Waals surface area contributed by atoms with Crippen LogP contribution in [0, 0.1) is 11.8 Å². The summed E-state index contributed by atoms with van der Waals surface area (Å²) in [5, 5.41) is 11.8. The normalized spacial score (nSPS) is 20.7. The molecule has 1 amide bonds. The molecule has 1 aromatic rings. The van der Waals surface area contributed by atoms with Crippen LogP contribution in [0.15, 0.2) is 18.2 Å². The van der Waals surface area contributed by atoms with E-state index < -0.39 is 5.97 Å². The maximum atomic E-state index is 11.7. The number of aromatic carboxylic acids is 1.